The number of aliphatic carboxylic acids is 1. The summed E-state index contributed by atoms with van der Waals surface area (Å²) < 4.78 is 1.64. The second-order valence-electron chi connectivity index (χ2n) is 4.41. The summed E-state index contributed by atoms with van der Waals surface area (Å²) in [5, 5.41) is 11.7. The number of amides is 1. The van der Waals surface area contributed by atoms with Crippen LogP contribution in [0.1, 0.15) is 29.8 Å². The molecular weight excluding hydrogens is 222 g/mol. The summed E-state index contributed by atoms with van der Waals surface area (Å²) in [4.78, 5) is 26.5. The van der Waals surface area contributed by atoms with Crippen LogP contribution in [0.25, 0.3) is 0 Å². The fraction of sp³-hybridized carbons (Fsp3) is 0.545. The molecule has 0 spiro atoms. The van der Waals surface area contributed by atoms with Gasteiger partial charge in [0.2, 0.25) is 0 Å². The molecule has 1 aromatic rings. The van der Waals surface area contributed by atoms with E-state index < -0.39 is 5.97 Å². The molecule has 0 saturated heterocycles. The minimum absolute atomic E-state index is 0.0431. The first-order valence-corrected chi connectivity index (χ1v) is 5.58. The van der Waals surface area contributed by atoms with E-state index in [-0.39, 0.29) is 17.9 Å². The molecule has 0 aliphatic heterocycles. The second-order valence-corrected chi connectivity index (χ2v) is 4.41. The van der Waals surface area contributed by atoms with Gasteiger partial charge < -0.3 is 15.0 Å². The first kappa shape index (κ1) is 11.6. The number of rotatable bonds is 3. The summed E-state index contributed by atoms with van der Waals surface area (Å²) in [5.74, 6) is -1.30. The van der Waals surface area contributed by atoms with Crippen molar-refractivity contribution in [2.45, 2.75) is 25.3 Å². The van der Waals surface area contributed by atoms with Crippen molar-refractivity contribution in [3.63, 3.8) is 0 Å². The fourth-order valence-electron chi connectivity index (χ4n) is 2.17. The molecular formula is C11H15N3O3. The van der Waals surface area contributed by atoms with E-state index in [2.05, 4.69) is 10.3 Å². The van der Waals surface area contributed by atoms with Crippen molar-refractivity contribution in [1.29, 1.82) is 0 Å². The second kappa shape index (κ2) is 4.57. The van der Waals surface area contributed by atoms with Gasteiger partial charge in [-0.05, 0) is 19.3 Å². The SMILES string of the molecule is Cn1cncc1C(=O)NC1CCC(C(=O)O)C1. The minimum atomic E-state index is -0.776. The quantitative estimate of drug-likeness (QED) is 0.797. The van der Waals surface area contributed by atoms with Crippen LogP contribution in [0.5, 0.6) is 0 Å². The van der Waals surface area contributed by atoms with E-state index in [0.29, 0.717) is 18.5 Å². The molecule has 1 saturated carbocycles. The zero-order chi connectivity index (χ0) is 12.4. The van der Waals surface area contributed by atoms with Crippen LogP contribution in [0.3, 0.4) is 0 Å². The zero-order valence-electron chi connectivity index (χ0n) is 9.59. The number of hydrogen-bond acceptors (Lipinski definition) is 3. The number of aryl methyl sites for hydroxylation is 1. The molecule has 2 unspecified atom stereocenters. The molecule has 0 radical (unpaired) electrons. The molecule has 1 aliphatic carbocycles. The summed E-state index contributed by atoms with van der Waals surface area (Å²) in [7, 11) is 1.75. The molecule has 1 aliphatic rings. The van der Waals surface area contributed by atoms with Crippen LogP contribution in [0, 0.1) is 5.92 Å². The van der Waals surface area contributed by atoms with Crippen LogP contribution in [-0.4, -0.2) is 32.6 Å². The van der Waals surface area contributed by atoms with Crippen molar-refractivity contribution >= 4 is 11.9 Å². The molecule has 1 heterocycles. The van der Waals surface area contributed by atoms with Gasteiger partial charge in [0, 0.05) is 13.1 Å². The molecule has 2 atom stereocenters. The van der Waals surface area contributed by atoms with Gasteiger partial charge in [0.05, 0.1) is 18.4 Å². The third kappa shape index (κ3) is 2.46. The first-order valence-electron chi connectivity index (χ1n) is 5.58. The normalized spacial score (nSPS) is 23.6. The van der Waals surface area contributed by atoms with Crippen LogP contribution in [0.4, 0.5) is 0 Å². The van der Waals surface area contributed by atoms with E-state index >= 15 is 0 Å². The lowest BCUT2D eigenvalue weighted by atomic mass is 10.1. The summed E-state index contributed by atoms with van der Waals surface area (Å²) >= 11 is 0. The maximum absolute atomic E-state index is 11.8. The van der Waals surface area contributed by atoms with Crippen molar-refractivity contribution < 1.29 is 14.7 Å². The highest BCUT2D eigenvalue weighted by atomic mass is 16.4. The zero-order valence-corrected chi connectivity index (χ0v) is 9.59. The molecule has 6 heteroatoms. The standard InChI is InChI=1S/C11H15N3O3/c1-14-6-12-5-9(14)10(15)13-8-3-2-7(4-8)11(16)17/h5-8H,2-4H2,1H3,(H,13,15)(H,16,17). The average molecular weight is 237 g/mol. The van der Waals surface area contributed by atoms with E-state index in [0.717, 1.165) is 6.42 Å². The maximum atomic E-state index is 11.8. The van der Waals surface area contributed by atoms with Crippen LogP contribution in [0.2, 0.25) is 0 Å². The predicted octanol–water partition coefficient (Wildman–Crippen LogP) is 0.403. The lowest BCUT2D eigenvalue weighted by Gasteiger charge is -2.12. The van der Waals surface area contributed by atoms with E-state index in [1.807, 2.05) is 0 Å². The number of aromatic nitrogens is 2. The van der Waals surface area contributed by atoms with Crippen molar-refractivity contribution in [3.05, 3.63) is 18.2 Å². The average Bonchev–Trinajstić information content (AvgIpc) is 2.86. The summed E-state index contributed by atoms with van der Waals surface area (Å²) in [6, 6.07) is -0.0431. The molecule has 1 aromatic heterocycles. The minimum Gasteiger partial charge on any atom is -0.481 e. The van der Waals surface area contributed by atoms with Gasteiger partial charge in [-0.1, -0.05) is 0 Å². The number of carboxylic acid groups (broad SMARTS) is 1. The molecule has 17 heavy (non-hydrogen) atoms. The van der Waals surface area contributed by atoms with Gasteiger partial charge in [0.15, 0.2) is 0 Å². The van der Waals surface area contributed by atoms with Gasteiger partial charge in [-0.25, -0.2) is 4.98 Å². The molecule has 1 fully saturated rings. The maximum Gasteiger partial charge on any atom is 0.306 e. The topological polar surface area (TPSA) is 84.2 Å². The largest absolute Gasteiger partial charge is 0.481 e. The Labute approximate surface area is 98.7 Å². The molecule has 2 rings (SSSR count). The van der Waals surface area contributed by atoms with Gasteiger partial charge in [-0.3, -0.25) is 9.59 Å². The molecule has 1 amide bonds. The first-order chi connectivity index (χ1) is 8.08. The Balaban J connectivity index is 1.93. The number of nitrogens with one attached hydrogen (secondary N) is 1. The molecule has 92 valence electrons. The lowest BCUT2D eigenvalue weighted by Crippen LogP contribution is -2.34. The third-order valence-electron chi connectivity index (χ3n) is 3.17. The van der Waals surface area contributed by atoms with Crippen LogP contribution in [0.15, 0.2) is 12.5 Å². The van der Waals surface area contributed by atoms with Crippen molar-refractivity contribution in [2.75, 3.05) is 0 Å². The number of imidazole rings is 1. The van der Waals surface area contributed by atoms with Crippen LogP contribution < -0.4 is 5.32 Å². The Morgan fingerprint density at radius 1 is 1.53 bits per heavy atom. The lowest BCUT2D eigenvalue weighted by molar-refractivity contribution is -0.141. The number of carbonyl (C=O) groups is 2. The highest BCUT2D eigenvalue weighted by molar-refractivity contribution is 5.92. The highest BCUT2D eigenvalue weighted by Gasteiger charge is 2.30. The summed E-state index contributed by atoms with van der Waals surface area (Å²) in [6.07, 6.45) is 4.92. The fourth-order valence-corrected chi connectivity index (χ4v) is 2.17. The Morgan fingerprint density at radius 2 is 2.29 bits per heavy atom. The molecule has 2 N–H and O–H groups in total. The molecule has 0 bridgehead atoms. The van der Waals surface area contributed by atoms with E-state index in [9.17, 15) is 9.59 Å². The summed E-state index contributed by atoms with van der Waals surface area (Å²) in [5.41, 5.74) is 0.490. The van der Waals surface area contributed by atoms with Gasteiger partial charge >= 0.3 is 5.97 Å². The van der Waals surface area contributed by atoms with Gasteiger partial charge in [-0.2, -0.15) is 0 Å². The Morgan fingerprint density at radius 3 is 2.82 bits per heavy atom. The summed E-state index contributed by atoms with van der Waals surface area (Å²) in [6.45, 7) is 0. The van der Waals surface area contributed by atoms with Gasteiger partial charge in [-0.15, -0.1) is 0 Å². The Kier molecular flexibility index (Phi) is 3.12. The number of hydrogen-bond donors (Lipinski definition) is 2. The van der Waals surface area contributed by atoms with Crippen molar-refractivity contribution in [1.82, 2.24) is 14.9 Å². The number of carbonyl (C=O) groups excluding carboxylic acids is 1. The molecule has 0 aromatic carbocycles. The Hall–Kier alpha value is -1.85. The van der Waals surface area contributed by atoms with Crippen LogP contribution in [-0.2, 0) is 11.8 Å². The van der Waals surface area contributed by atoms with Crippen molar-refractivity contribution in [3.8, 4) is 0 Å². The monoisotopic (exact) mass is 237 g/mol. The van der Waals surface area contributed by atoms with E-state index in [1.54, 1.807) is 17.9 Å². The Bertz CT molecular complexity index is 441. The number of nitrogens with zero attached hydrogens (tertiary/aromatic N) is 2. The predicted molar refractivity (Wildman–Crippen MR) is 59.4 cm³/mol. The highest BCUT2D eigenvalue weighted by Crippen LogP contribution is 2.25. The third-order valence-corrected chi connectivity index (χ3v) is 3.17. The molecule has 6 nitrogen and oxygen atoms in total. The van der Waals surface area contributed by atoms with Crippen molar-refractivity contribution in [2.24, 2.45) is 13.0 Å². The van der Waals surface area contributed by atoms with Crippen LogP contribution >= 0.6 is 0 Å². The van der Waals surface area contributed by atoms with E-state index in [1.165, 1.54) is 6.20 Å². The van der Waals surface area contributed by atoms with Gasteiger partial charge in [0.25, 0.3) is 5.91 Å². The van der Waals surface area contributed by atoms with Gasteiger partial charge in [0.1, 0.15) is 5.69 Å². The smallest absolute Gasteiger partial charge is 0.306 e. The van der Waals surface area contributed by atoms with E-state index in [4.69, 9.17) is 5.11 Å². The number of carboxylic acids is 1.